The molecule has 0 aliphatic carbocycles. The molecular formula is C17H28N6O4S. The van der Waals surface area contributed by atoms with Crippen LogP contribution >= 0.6 is 12.2 Å². The Kier molecular flexibility index (Phi) is 7.83. The molecule has 0 unspecified atom stereocenters. The van der Waals surface area contributed by atoms with Gasteiger partial charge in [-0.3, -0.25) is 0 Å². The molecule has 2 aliphatic rings. The number of hydrogen-bond acceptors (Lipinski definition) is 9. The zero-order valence-electron chi connectivity index (χ0n) is 16.1. The van der Waals surface area contributed by atoms with Gasteiger partial charge in [-0.15, -0.1) is 4.33 Å². The fourth-order valence-electron chi connectivity index (χ4n) is 3.32. The van der Waals surface area contributed by atoms with Gasteiger partial charge in [0.05, 0.1) is 19.9 Å². The van der Waals surface area contributed by atoms with E-state index in [1.165, 1.54) is 19.3 Å². The molecule has 2 saturated heterocycles. The predicted molar refractivity (Wildman–Crippen MR) is 107 cm³/mol. The van der Waals surface area contributed by atoms with E-state index in [9.17, 15) is 0 Å². The second kappa shape index (κ2) is 10.6. The lowest BCUT2D eigenvalue weighted by Crippen LogP contribution is -2.43. The van der Waals surface area contributed by atoms with Crippen LogP contribution in [0.1, 0.15) is 12.8 Å². The van der Waals surface area contributed by atoms with E-state index < -0.39 is 0 Å². The number of aromatic nitrogens is 1. The summed E-state index contributed by atoms with van der Waals surface area (Å²) < 4.78 is 12.9. The van der Waals surface area contributed by atoms with E-state index in [1.807, 2.05) is 17.0 Å². The summed E-state index contributed by atoms with van der Waals surface area (Å²) in [6, 6.07) is 3.98. The first kappa shape index (κ1) is 20.8. The Morgan fingerprint density at radius 1 is 1.25 bits per heavy atom. The fraction of sp³-hybridized carbons (Fsp3) is 0.647. The van der Waals surface area contributed by atoms with Crippen LogP contribution in [0.3, 0.4) is 0 Å². The summed E-state index contributed by atoms with van der Waals surface area (Å²) in [5.74, 6) is 2.38. The van der Waals surface area contributed by atoms with E-state index in [-0.39, 0.29) is 5.96 Å². The number of piperidine rings is 1. The lowest BCUT2D eigenvalue weighted by Gasteiger charge is -2.33. The van der Waals surface area contributed by atoms with Crippen molar-refractivity contribution < 1.29 is 19.2 Å². The molecule has 1 aromatic rings. The number of nitrogens with zero attached hydrogens (tertiary/aromatic N) is 5. The predicted octanol–water partition coefficient (Wildman–Crippen LogP) is 1.14. The van der Waals surface area contributed by atoms with Crippen LogP contribution in [0.2, 0.25) is 0 Å². The monoisotopic (exact) mass is 412 g/mol. The zero-order chi connectivity index (χ0) is 19.8. The van der Waals surface area contributed by atoms with Crippen molar-refractivity contribution in [1.82, 2.24) is 14.2 Å². The van der Waals surface area contributed by atoms with Gasteiger partial charge in [0.25, 0.3) is 0 Å². The number of ether oxygens (including phenoxy) is 1. The molecule has 28 heavy (non-hydrogen) atoms. The normalized spacial score (nSPS) is 19.8. The molecule has 0 bridgehead atoms. The quantitative estimate of drug-likeness (QED) is 0.129. The van der Waals surface area contributed by atoms with E-state index in [0.717, 1.165) is 63.7 Å². The minimum atomic E-state index is 0.185. The highest BCUT2D eigenvalue weighted by Gasteiger charge is 2.22. The lowest BCUT2D eigenvalue weighted by atomic mass is 9.98. The van der Waals surface area contributed by atoms with Crippen LogP contribution in [0.4, 0.5) is 5.82 Å². The molecule has 3 heterocycles. The number of oxime groups is 1. The van der Waals surface area contributed by atoms with Crippen molar-refractivity contribution in [2.45, 2.75) is 12.8 Å². The average molecular weight is 413 g/mol. The third-order valence-corrected chi connectivity index (χ3v) is 5.79. The number of rotatable bonds is 7. The van der Waals surface area contributed by atoms with Gasteiger partial charge in [-0.25, -0.2) is 14.2 Å². The summed E-state index contributed by atoms with van der Waals surface area (Å²) in [5.41, 5.74) is 5.63. The standard InChI is InChI=1S/C17H28N6O4S/c1-25-27-28-23-10-8-21(9-11-23)16-3-2-15(12-19-16)26-13-14-4-6-22(7-5-14)17(18)20-24/h2-3,12,14,24H,4-11,13H2,1H3,(H2,18,20). The van der Waals surface area contributed by atoms with Crippen molar-refractivity contribution in [1.29, 1.82) is 0 Å². The van der Waals surface area contributed by atoms with Crippen LogP contribution in [0.15, 0.2) is 23.5 Å². The van der Waals surface area contributed by atoms with Gasteiger partial charge in [-0.1, -0.05) is 5.16 Å². The molecule has 0 atom stereocenters. The smallest absolute Gasteiger partial charge is 0.233 e. The number of nitrogens with two attached hydrogens (primary N) is 1. The Bertz CT molecular complexity index is 619. The van der Waals surface area contributed by atoms with Crippen molar-refractivity contribution in [3.63, 3.8) is 0 Å². The minimum Gasteiger partial charge on any atom is -0.492 e. The number of hydrogen-bond donors (Lipinski definition) is 2. The topological polar surface area (TPSA) is 109 Å². The molecule has 1 aromatic heterocycles. The van der Waals surface area contributed by atoms with E-state index in [1.54, 1.807) is 6.20 Å². The summed E-state index contributed by atoms with van der Waals surface area (Å²) in [7, 11) is 1.50. The van der Waals surface area contributed by atoms with Gasteiger partial charge >= 0.3 is 0 Å². The number of anilines is 1. The zero-order valence-corrected chi connectivity index (χ0v) is 16.9. The molecule has 0 amide bonds. The van der Waals surface area contributed by atoms with Crippen LogP contribution in [-0.4, -0.2) is 78.3 Å². The Hall–Kier alpha value is -1.95. The van der Waals surface area contributed by atoms with E-state index >= 15 is 0 Å². The number of likely N-dealkylation sites (tertiary alicyclic amines) is 1. The van der Waals surface area contributed by atoms with E-state index in [4.69, 9.17) is 20.0 Å². The van der Waals surface area contributed by atoms with Crippen LogP contribution in [-0.2, 0) is 9.22 Å². The highest BCUT2D eigenvalue weighted by molar-refractivity contribution is 7.92. The van der Waals surface area contributed by atoms with Gasteiger partial charge < -0.3 is 25.5 Å². The SMILES string of the molecule is COOSN1CCN(c2ccc(OCC3CCN(C(N)=NO)CC3)cn2)CC1. The highest BCUT2D eigenvalue weighted by Crippen LogP contribution is 2.22. The number of guanidine groups is 1. The number of piperazine rings is 1. The lowest BCUT2D eigenvalue weighted by molar-refractivity contribution is -0.163. The van der Waals surface area contributed by atoms with Gasteiger partial charge in [0, 0.05) is 39.3 Å². The summed E-state index contributed by atoms with van der Waals surface area (Å²) in [6.45, 7) is 5.72. The van der Waals surface area contributed by atoms with Gasteiger partial charge in [-0.05, 0) is 30.9 Å². The molecular weight excluding hydrogens is 384 g/mol. The molecule has 0 radical (unpaired) electrons. The number of pyridine rings is 1. The van der Waals surface area contributed by atoms with Crippen LogP contribution < -0.4 is 15.4 Å². The van der Waals surface area contributed by atoms with Crippen LogP contribution in [0, 0.1) is 5.92 Å². The van der Waals surface area contributed by atoms with E-state index in [2.05, 4.69) is 24.2 Å². The van der Waals surface area contributed by atoms with Crippen molar-refractivity contribution in [2.24, 2.45) is 16.8 Å². The minimum absolute atomic E-state index is 0.185. The second-order valence-electron chi connectivity index (χ2n) is 6.78. The Morgan fingerprint density at radius 2 is 2.00 bits per heavy atom. The Morgan fingerprint density at radius 3 is 2.61 bits per heavy atom. The Labute approximate surface area is 169 Å². The van der Waals surface area contributed by atoms with Crippen molar-refractivity contribution in [3.8, 4) is 5.75 Å². The van der Waals surface area contributed by atoms with Crippen molar-refractivity contribution in [3.05, 3.63) is 18.3 Å². The van der Waals surface area contributed by atoms with E-state index in [0.29, 0.717) is 12.5 Å². The second-order valence-corrected chi connectivity index (χ2v) is 7.58. The summed E-state index contributed by atoms with van der Waals surface area (Å²) >= 11 is 1.24. The molecule has 156 valence electrons. The van der Waals surface area contributed by atoms with Crippen molar-refractivity contribution in [2.75, 3.05) is 57.9 Å². The average Bonchev–Trinajstić information content (AvgIpc) is 2.77. The molecule has 3 rings (SSSR count). The maximum atomic E-state index is 8.74. The molecule has 11 heteroatoms. The first-order valence-electron chi connectivity index (χ1n) is 9.38. The third-order valence-electron chi connectivity index (χ3n) is 5.01. The molecule has 0 spiro atoms. The van der Waals surface area contributed by atoms with Crippen LogP contribution in [0.5, 0.6) is 5.75 Å². The molecule has 2 fully saturated rings. The maximum Gasteiger partial charge on any atom is 0.233 e. The fourth-order valence-corrected chi connectivity index (χ4v) is 3.78. The molecule has 0 saturated carbocycles. The molecule has 0 aromatic carbocycles. The first-order valence-corrected chi connectivity index (χ1v) is 10.1. The summed E-state index contributed by atoms with van der Waals surface area (Å²) in [5, 5.41) is 11.8. The largest absolute Gasteiger partial charge is 0.492 e. The third kappa shape index (κ3) is 5.77. The van der Waals surface area contributed by atoms with Gasteiger partial charge in [0.15, 0.2) is 0 Å². The van der Waals surface area contributed by atoms with Crippen molar-refractivity contribution >= 4 is 24.0 Å². The Balaban J connectivity index is 1.39. The summed E-state index contributed by atoms with van der Waals surface area (Å²) in [4.78, 5) is 13.3. The van der Waals surface area contributed by atoms with Gasteiger partial charge in [0.2, 0.25) is 5.96 Å². The maximum absolute atomic E-state index is 8.74. The van der Waals surface area contributed by atoms with Crippen LogP contribution in [0.25, 0.3) is 0 Å². The highest BCUT2D eigenvalue weighted by atomic mass is 32.2. The summed E-state index contributed by atoms with van der Waals surface area (Å²) in [6.07, 6.45) is 3.70. The van der Waals surface area contributed by atoms with Gasteiger partial charge in [-0.2, -0.15) is 0 Å². The van der Waals surface area contributed by atoms with Gasteiger partial charge in [0.1, 0.15) is 23.8 Å². The molecule has 10 nitrogen and oxygen atoms in total. The molecule has 2 aliphatic heterocycles. The first-order chi connectivity index (χ1) is 13.7. The molecule has 3 N–H and O–H groups in total.